The average Bonchev–Trinajstić information content (AvgIpc) is 2.57. The zero-order valence-corrected chi connectivity index (χ0v) is 8.18. The highest BCUT2D eigenvalue weighted by atomic mass is 14.0. The molecule has 0 radical (unpaired) electrons. The molecule has 0 aliphatic heterocycles. The van der Waals surface area contributed by atoms with E-state index >= 15 is 0 Å². The van der Waals surface area contributed by atoms with Crippen molar-refractivity contribution in [1.82, 2.24) is 0 Å². The van der Waals surface area contributed by atoms with Gasteiger partial charge in [-0.2, -0.15) is 0 Å². The fourth-order valence-electron chi connectivity index (χ4n) is 1.59. The van der Waals surface area contributed by atoms with Crippen LogP contribution in [0.2, 0.25) is 0 Å². The predicted octanol–water partition coefficient (Wildman–Crippen LogP) is 4.23. The highest BCUT2D eigenvalue weighted by Crippen LogP contribution is 2.18. The van der Waals surface area contributed by atoms with E-state index in [1.165, 1.54) is 44.9 Å². The van der Waals surface area contributed by atoms with Gasteiger partial charge in [-0.25, -0.2) is 0 Å². The molecule has 0 aromatic rings. The van der Waals surface area contributed by atoms with Crippen LogP contribution in [0, 0.1) is 0 Å². The van der Waals surface area contributed by atoms with Crippen molar-refractivity contribution in [2.75, 3.05) is 0 Å². The van der Waals surface area contributed by atoms with Crippen LogP contribution in [-0.4, -0.2) is 0 Å². The van der Waals surface area contributed by atoms with Gasteiger partial charge in [-0.3, -0.25) is 0 Å². The maximum absolute atomic E-state index is 2.37. The largest absolute Gasteiger partial charge is 0.0843 e. The smallest absolute Gasteiger partial charge is 0.0279 e. The Hall–Kier alpha value is -0.520. The molecule has 0 unspecified atom stereocenters. The minimum atomic E-state index is 1.27. The second-order valence-corrected chi connectivity index (χ2v) is 3.57. The van der Waals surface area contributed by atoms with Gasteiger partial charge in [0.05, 0.1) is 0 Å². The molecule has 0 bridgehead atoms. The summed E-state index contributed by atoms with van der Waals surface area (Å²) in [7, 11) is 0. The van der Waals surface area contributed by atoms with E-state index < -0.39 is 0 Å². The van der Waals surface area contributed by atoms with Gasteiger partial charge in [-0.1, -0.05) is 43.6 Å². The quantitative estimate of drug-likeness (QED) is 0.533. The van der Waals surface area contributed by atoms with E-state index in [0.717, 1.165) is 0 Å². The molecule has 0 fully saturated rings. The fourth-order valence-corrected chi connectivity index (χ4v) is 1.59. The zero-order valence-electron chi connectivity index (χ0n) is 8.18. The van der Waals surface area contributed by atoms with Crippen LogP contribution >= 0.6 is 0 Å². The Bertz CT molecular complexity index is 163. The summed E-state index contributed by atoms with van der Waals surface area (Å²) in [5.41, 5.74) is 1.56. The molecule has 0 aromatic heterocycles. The van der Waals surface area contributed by atoms with Crippen LogP contribution in [-0.2, 0) is 0 Å². The molecule has 0 aromatic carbocycles. The highest BCUT2D eigenvalue weighted by Gasteiger charge is 1.98. The second-order valence-electron chi connectivity index (χ2n) is 3.57. The van der Waals surface area contributed by atoms with Crippen LogP contribution in [0.1, 0.15) is 51.9 Å². The summed E-state index contributed by atoms with van der Waals surface area (Å²) in [6.45, 7) is 2.25. The van der Waals surface area contributed by atoms with E-state index in [2.05, 4.69) is 25.2 Å². The van der Waals surface area contributed by atoms with E-state index in [-0.39, 0.29) is 0 Å². The third-order valence-electron chi connectivity index (χ3n) is 2.38. The Morgan fingerprint density at radius 2 is 2.33 bits per heavy atom. The highest BCUT2D eigenvalue weighted by molar-refractivity contribution is 5.21. The van der Waals surface area contributed by atoms with E-state index in [1.54, 1.807) is 5.57 Å². The lowest BCUT2D eigenvalue weighted by Crippen LogP contribution is -1.72. The molecule has 0 nitrogen and oxygen atoms in total. The van der Waals surface area contributed by atoms with Crippen molar-refractivity contribution in [2.45, 2.75) is 51.9 Å². The number of hydrogen-bond acceptors (Lipinski definition) is 0. The summed E-state index contributed by atoms with van der Waals surface area (Å²) in [5, 5.41) is 0. The van der Waals surface area contributed by atoms with Crippen LogP contribution in [0.5, 0.6) is 0 Å². The summed E-state index contributed by atoms with van der Waals surface area (Å²) in [4.78, 5) is 0. The number of rotatable bonds is 5. The summed E-state index contributed by atoms with van der Waals surface area (Å²) >= 11 is 0. The van der Waals surface area contributed by atoms with Crippen LogP contribution in [0.15, 0.2) is 23.8 Å². The molecule has 0 spiro atoms. The number of allylic oxidation sites excluding steroid dienone is 4. The summed E-state index contributed by atoms with van der Waals surface area (Å²) in [5.74, 6) is 0. The minimum absolute atomic E-state index is 1.27. The van der Waals surface area contributed by atoms with Crippen molar-refractivity contribution >= 4 is 0 Å². The van der Waals surface area contributed by atoms with Crippen molar-refractivity contribution in [2.24, 2.45) is 0 Å². The molecular formula is C12H20. The molecule has 1 aliphatic rings. The molecule has 0 N–H and O–H groups in total. The second kappa shape index (κ2) is 6.05. The van der Waals surface area contributed by atoms with Gasteiger partial charge in [-0.05, 0) is 32.1 Å². The molecule has 0 heteroatoms. The van der Waals surface area contributed by atoms with Crippen LogP contribution in [0.3, 0.4) is 0 Å². The fraction of sp³-hybridized carbons (Fsp3) is 0.667. The molecule has 0 amide bonds. The standard InChI is InChI=1S/C12H20/c1-2-3-4-5-6-9-12-10-7-8-11-12/h6,9-10H,2-5,7-8,11H2,1H3/b9-6+. The Morgan fingerprint density at radius 1 is 1.42 bits per heavy atom. The normalized spacial score (nSPS) is 17.2. The molecule has 68 valence electrons. The van der Waals surface area contributed by atoms with E-state index in [9.17, 15) is 0 Å². The topological polar surface area (TPSA) is 0 Å². The molecule has 0 saturated heterocycles. The monoisotopic (exact) mass is 164 g/mol. The summed E-state index contributed by atoms with van der Waals surface area (Å²) in [6.07, 6.45) is 16.4. The number of unbranched alkanes of at least 4 members (excludes halogenated alkanes) is 3. The van der Waals surface area contributed by atoms with Gasteiger partial charge in [0.1, 0.15) is 0 Å². The molecule has 0 atom stereocenters. The lowest BCUT2D eigenvalue weighted by atomic mass is 10.1. The molecule has 1 rings (SSSR count). The van der Waals surface area contributed by atoms with Gasteiger partial charge in [0.15, 0.2) is 0 Å². The first kappa shape index (κ1) is 9.57. The number of hydrogen-bond donors (Lipinski definition) is 0. The molecule has 0 saturated carbocycles. The lowest BCUT2D eigenvalue weighted by Gasteiger charge is -1.93. The Kier molecular flexibility index (Phi) is 4.82. The van der Waals surface area contributed by atoms with Crippen molar-refractivity contribution in [3.8, 4) is 0 Å². The predicted molar refractivity (Wildman–Crippen MR) is 55.2 cm³/mol. The van der Waals surface area contributed by atoms with Crippen molar-refractivity contribution in [1.29, 1.82) is 0 Å². The Morgan fingerprint density at radius 3 is 3.00 bits per heavy atom. The van der Waals surface area contributed by atoms with Crippen LogP contribution < -0.4 is 0 Å². The third kappa shape index (κ3) is 3.75. The van der Waals surface area contributed by atoms with Crippen molar-refractivity contribution < 1.29 is 0 Å². The first-order valence-electron chi connectivity index (χ1n) is 5.29. The van der Waals surface area contributed by atoms with E-state index in [0.29, 0.717) is 0 Å². The van der Waals surface area contributed by atoms with E-state index in [4.69, 9.17) is 0 Å². The SMILES string of the molecule is CCCCC/C=C/C1=CCCC1. The first-order chi connectivity index (χ1) is 5.93. The minimum Gasteiger partial charge on any atom is -0.0843 e. The summed E-state index contributed by atoms with van der Waals surface area (Å²) in [6, 6.07) is 0. The van der Waals surface area contributed by atoms with Gasteiger partial charge in [0, 0.05) is 0 Å². The van der Waals surface area contributed by atoms with Gasteiger partial charge in [0.2, 0.25) is 0 Å². The lowest BCUT2D eigenvalue weighted by molar-refractivity contribution is 0.729. The molecule has 1 aliphatic carbocycles. The van der Waals surface area contributed by atoms with Crippen LogP contribution in [0.25, 0.3) is 0 Å². The maximum atomic E-state index is 2.37. The van der Waals surface area contributed by atoms with E-state index in [1.807, 2.05) is 0 Å². The van der Waals surface area contributed by atoms with Gasteiger partial charge in [-0.15, -0.1) is 0 Å². The van der Waals surface area contributed by atoms with Gasteiger partial charge in [0.25, 0.3) is 0 Å². The van der Waals surface area contributed by atoms with Crippen molar-refractivity contribution in [3.05, 3.63) is 23.8 Å². The first-order valence-corrected chi connectivity index (χ1v) is 5.29. The molecule has 0 heterocycles. The zero-order chi connectivity index (χ0) is 8.65. The Balaban J connectivity index is 2.05. The van der Waals surface area contributed by atoms with Crippen molar-refractivity contribution in [3.63, 3.8) is 0 Å². The average molecular weight is 164 g/mol. The van der Waals surface area contributed by atoms with Gasteiger partial charge >= 0.3 is 0 Å². The summed E-state index contributed by atoms with van der Waals surface area (Å²) < 4.78 is 0. The van der Waals surface area contributed by atoms with Gasteiger partial charge < -0.3 is 0 Å². The third-order valence-corrected chi connectivity index (χ3v) is 2.38. The molecule has 12 heavy (non-hydrogen) atoms. The molecular weight excluding hydrogens is 144 g/mol. The maximum Gasteiger partial charge on any atom is -0.0279 e. The Labute approximate surface area is 76.4 Å². The van der Waals surface area contributed by atoms with Crippen LogP contribution in [0.4, 0.5) is 0 Å².